The maximum atomic E-state index is 13.0. The zero-order valence-electron chi connectivity index (χ0n) is 13.5. The second-order valence-electron chi connectivity index (χ2n) is 6.55. The molecule has 1 amide bonds. The van der Waals surface area contributed by atoms with Gasteiger partial charge in [-0.3, -0.25) is 15.6 Å². The van der Waals surface area contributed by atoms with Crippen LogP contribution in [0, 0.1) is 11.7 Å². The van der Waals surface area contributed by atoms with E-state index in [0.29, 0.717) is 12.0 Å². The molecule has 3 N–H and O–H groups in total. The number of hydrogen-bond acceptors (Lipinski definition) is 5. The van der Waals surface area contributed by atoms with Crippen molar-refractivity contribution >= 4 is 15.7 Å². The highest BCUT2D eigenvalue weighted by molar-refractivity contribution is 7.92. The summed E-state index contributed by atoms with van der Waals surface area (Å²) in [5.74, 6) is -0.451. The molecule has 24 heavy (non-hydrogen) atoms. The fraction of sp³-hybridized carbons (Fsp3) is 0.562. The lowest BCUT2D eigenvalue weighted by Gasteiger charge is -2.31. The van der Waals surface area contributed by atoms with Crippen molar-refractivity contribution in [3.63, 3.8) is 0 Å². The van der Waals surface area contributed by atoms with Crippen LogP contribution < -0.4 is 16.2 Å². The van der Waals surface area contributed by atoms with Gasteiger partial charge in [0.05, 0.1) is 4.90 Å². The van der Waals surface area contributed by atoms with Gasteiger partial charge in [0.2, 0.25) is 5.91 Å². The number of nitrogens with one attached hydrogen (secondary N) is 3. The Labute approximate surface area is 141 Å². The number of amides is 1. The lowest BCUT2D eigenvalue weighted by atomic mass is 9.83. The summed E-state index contributed by atoms with van der Waals surface area (Å²) in [6, 6.07) is 4.82. The number of halogens is 1. The normalized spacial score (nSPS) is 28.2. The van der Waals surface area contributed by atoms with Crippen molar-refractivity contribution in [1.29, 1.82) is 0 Å². The zero-order valence-corrected chi connectivity index (χ0v) is 14.3. The Morgan fingerprint density at radius 3 is 2.71 bits per heavy atom. The maximum Gasteiger partial charge on any atom is 0.238 e. The number of carbonyl (C=O) groups excluding carboxylic acids is 1. The molecule has 2 aliphatic rings. The van der Waals surface area contributed by atoms with E-state index >= 15 is 0 Å². The molecule has 132 valence electrons. The number of benzene rings is 1. The third-order valence-electron chi connectivity index (χ3n) is 4.97. The van der Waals surface area contributed by atoms with Crippen molar-refractivity contribution in [2.24, 2.45) is 5.92 Å². The molecule has 2 fully saturated rings. The van der Waals surface area contributed by atoms with Gasteiger partial charge in [-0.2, -0.15) is 0 Å². The van der Waals surface area contributed by atoms with Gasteiger partial charge in [0.1, 0.15) is 11.1 Å². The molecule has 1 saturated carbocycles. The van der Waals surface area contributed by atoms with Gasteiger partial charge in [0.25, 0.3) is 0 Å². The van der Waals surface area contributed by atoms with Gasteiger partial charge in [-0.25, -0.2) is 12.8 Å². The lowest BCUT2D eigenvalue weighted by Crippen LogP contribution is -2.48. The average molecular weight is 355 g/mol. The van der Waals surface area contributed by atoms with Crippen molar-refractivity contribution < 1.29 is 17.6 Å². The highest BCUT2D eigenvalue weighted by Gasteiger charge is 2.36. The third kappa shape index (κ3) is 3.45. The molecular formula is C16H22FN3O3S. The van der Waals surface area contributed by atoms with Crippen LogP contribution in [0.3, 0.4) is 0 Å². The molecule has 1 aliphatic carbocycles. The summed E-state index contributed by atoms with van der Waals surface area (Å²) in [5.41, 5.74) is 6.32. The molecule has 1 aromatic rings. The Morgan fingerprint density at radius 1 is 1.29 bits per heavy atom. The minimum Gasteiger partial charge on any atom is -0.352 e. The SMILES string of the molecule is CC(C(=O)NC1CCC2CNNC2C1)S(=O)(=O)c1ccc(F)cc1. The molecule has 4 unspecified atom stereocenters. The predicted octanol–water partition coefficient (Wildman–Crippen LogP) is 0.749. The van der Waals surface area contributed by atoms with Gasteiger partial charge in [0, 0.05) is 18.6 Å². The summed E-state index contributed by atoms with van der Waals surface area (Å²) >= 11 is 0. The Hall–Kier alpha value is -1.51. The van der Waals surface area contributed by atoms with Crippen molar-refractivity contribution in [2.45, 2.75) is 48.4 Å². The van der Waals surface area contributed by atoms with E-state index < -0.39 is 26.8 Å². The predicted molar refractivity (Wildman–Crippen MR) is 87.2 cm³/mol. The number of hydrazine groups is 1. The van der Waals surface area contributed by atoms with Crippen LogP contribution in [-0.4, -0.2) is 38.2 Å². The molecule has 8 heteroatoms. The molecule has 1 aromatic carbocycles. The van der Waals surface area contributed by atoms with Gasteiger partial charge >= 0.3 is 0 Å². The Morgan fingerprint density at radius 2 is 2.00 bits per heavy atom. The van der Waals surface area contributed by atoms with Crippen LogP contribution in [0.1, 0.15) is 26.2 Å². The van der Waals surface area contributed by atoms with Crippen LogP contribution in [0.25, 0.3) is 0 Å². The second-order valence-corrected chi connectivity index (χ2v) is 8.82. The highest BCUT2D eigenvalue weighted by Crippen LogP contribution is 2.27. The van der Waals surface area contributed by atoms with Gasteiger partial charge in [-0.1, -0.05) is 0 Å². The molecule has 0 spiro atoms. The minimum atomic E-state index is -3.83. The van der Waals surface area contributed by atoms with Crippen LogP contribution in [0.2, 0.25) is 0 Å². The lowest BCUT2D eigenvalue weighted by molar-refractivity contribution is -0.121. The molecule has 1 heterocycles. The Bertz CT molecular complexity index is 708. The van der Waals surface area contributed by atoms with Crippen LogP contribution in [0.5, 0.6) is 0 Å². The van der Waals surface area contributed by atoms with Crippen molar-refractivity contribution in [2.75, 3.05) is 6.54 Å². The van der Waals surface area contributed by atoms with E-state index in [1.54, 1.807) is 0 Å². The fourth-order valence-corrected chi connectivity index (χ4v) is 4.67. The number of hydrogen-bond donors (Lipinski definition) is 3. The maximum absolute atomic E-state index is 13.0. The average Bonchev–Trinajstić information content (AvgIpc) is 3.02. The molecule has 6 nitrogen and oxygen atoms in total. The van der Waals surface area contributed by atoms with E-state index in [4.69, 9.17) is 0 Å². The minimum absolute atomic E-state index is 0.0305. The number of rotatable bonds is 4. The first kappa shape index (κ1) is 17.3. The van der Waals surface area contributed by atoms with Crippen LogP contribution in [-0.2, 0) is 14.6 Å². The second kappa shape index (κ2) is 6.78. The van der Waals surface area contributed by atoms with Crippen LogP contribution in [0.4, 0.5) is 4.39 Å². The van der Waals surface area contributed by atoms with Crippen molar-refractivity contribution in [3.05, 3.63) is 30.1 Å². The summed E-state index contributed by atoms with van der Waals surface area (Å²) in [7, 11) is -3.83. The standard InChI is InChI=1S/C16H22FN3O3S/c1-10(24(22,23)14-6-3-12(17)4-7-14)16(21)19-13-5-2-11-9-18-20-15(11)8-13/h3-4,6-7,10-11,13,15,18,20H,2,5,8-9H2,1H3,(H,19,21). The van der Waals surface area contributed by atoms with Crippen molar-refractivity contribution in [1.82, 2.24) is 16.2 Å². The quantitative estimate of drug-likeness (QED) is 0.694. The Kier molecular flexibility index (Phi) is 4.89. The summed E-state index contributed by atoms with van der Waals surface area (Å²) in [6.07, 6.45) is 2.63. The largest absolute Gasteiger partial charge is 0.352 e. The third-order valence-corrected chi connectivity index (χ3v) is 7.04. The van der Waals surface area contributed by atoms with Crippen LogP contribution in [0.15, 0.2) is 29.2 Å². The van der Waals surface area contributed by atoms with Crippen molar-refractivity contribution in [3.8, 4) is 0 Å². The molecule has 0 radical (unpaired) electrons. The van der Waals surface area contributed by atoms with E-state index in [1.165, 1.54) is 19.1 Å². The van der Waals surface area contributed by atoms with Gasteiger partial charge in [-0.05, 0) is 56.4 Å². The van der Waals surface area contributed by atoms with E-state index in [1.807, 2.05) is 0 Å². The summed E-state index contributed by atoms with van der Waals surface area (Å²) in [4.78, 5) is 12.3. The van der Waals surface area contributed by atoms with E-state index in [2.05, 4.69) is 16.2 Å². The first-order chi connectivity index (χ1) is 11.4. The summed E-state index contributed by atoms with van der Waals surface area (Å²) < 4.78 is 38.0. The Balaban J connectivity index is 1.64. The molecule has 1 saturated heterocycles. The first-order valence-electron chi connectivity index (χ1n) is 8.16. The number of fused-ring (bicyclic) bond motifs is 1. The van der Waals surface area contributed by atoms with Gasteiger partial charge < -0.3 is 5.32 Å². The first-order valence-corrected chi connectivity index (χ1v) is 9.71. The van der Waals surface area contributed by atoms with Gasteiger partial charge in [0.15, 0.2) is 9.84 Å². The number of carbonyl (C=O) groups is 1. The molecule has 1 aliphatic heterocycles. The monoisotopic (exact) mass is 355 g/mol. The smallest absolute Gasteiger partial charge is 0.238 e. The molecule has 4 atom stereocenters. The van der Waals surface area contributed by atoms with E-state index in [9.17, 15) is 17.6 Å². The molecular weight excluding hydrogens is 333 g/mol. The fourth-order valence-electron chi connectivity index (χ4n) is 3.39. The zero-order chi connectivity index (χ0) is 17.3. The summed E-state index contributed by atoms with van der Waals surface area (Å²) in [6.45, 7) is 2.30. The molecule has 0 aromatic heterocycles. The van der Waals surface area contributed by atoms with E-state index in [0.717, 1.165) is 37.9 Å². The van der Waals surface area contributed by atoms with Crippen LogP contribution >= 0.6 is 0 Å². The highest BCUT2D eigenvalue weighted by atomic mass is 32.2. The topological polar surface area (TPSA) is 87.3 Å². The molecule has 0 bridgehead atoms. The number of sulfone groups is 1. The van der Waals surface area contributed by atoms with E-state index in [-0.39, 0.29) is 10.9 Å². The summed E-state index contributed by atoms with van der Waals surface area (Å²) in [5, 5.41) is 1.65. The molecule has 3 rings (SSSR count). The van der Waals surface area contributed by atoms with Gasteiger partial charge in [-0.15, -0.1) is 0 Å².